The lowest BCUT2D eigenvalue weighted by Crippen LogP contribution is -2.23. The van der Waals surface area contributed by atoms with Crippen molar-refractivity contribution < 1.29 is 27.4 Å². The maximum atomic E-state index is 12.4. The van der Waals surface area contributed by atoms with Gasteiger partial charge < -0.3 is 18.9 Å². The predicted molar refractivity (Wildman–Crippen MR) is 93.1 cm³/mol. The first-order chi connectivity index (χ1) is 12.0. The molecule has 0 radical (unpaired) electrons. The van der Waals surface area contributed by atoms with Crippen LogP contribution in [0.15, 0.2) is 41.3 Å². The van der Waals surface area contributed by atoms with Gasteiger partial charge in [-0.05, 0) is 30.3 Å². The van der Waals surface area contributed by atoms with Gasteiger partial charge in [0, 0.05) is 12.1 Å². The van der Waals surface area contributed by atoms with Crippen molar-refractivity contribution in [2.75, 3.05) is 28.4 Å². The molecule has 7 nitrogen and oxygen atoms in total. The Morgan fingerprint density at radius 3 is 1.96 bits per heavy atom. The van der Waals surface area contributed by atoms with E-state index in [-0.39, 0.29) is 11.4 Å². The number of ether oxygens (including phenoxy) is 4. The fourth-order valence-electron chi connectivity index (χ4n) is 2.31. The fraction of sp³-hybridized carbons (Fsp3) is 0.294. The summed E-state index contributed by atoms with van der Waals surface area (Å²) >= 11 is 0. The number of nitrogens with one attached hydrogen (secondary N) is 1. The van der Waals surface area contributed by atoms with Crippen LogP contribution < -0.4 is 23.7 Å². The van der Waals surface area contributed by atoms with Gasteiger partial charge in [0.05, 0.1) is 33.3 Å². The quantitative estimate of drug-likeness (QED) is 0.770. The minimum Gasteiger partial charge on any atom is -0.497 e. The summed E-state index contributed by atoms with van der Waals surface area (Å²) in [6.07, 6.45) is 0. The van der Waals surface area contributed by atoms with E-state index in [0.29, 0.717) is 28.6 Å². The number of methoxy groups -OCH3 is 4. The van der Waals surface area contributed by atoms with Crippen molar-refractivity contribution in [3.63, 3.8) is 0 Å². The maximum Gasteiger partial charge on any atom is 0.240 e. The van der Waals surface area contributed by atoms with Crippen LogP contribution >= 0.6 is 0 Å². The summed E-state index contributed by atoms with van der Waals surface area (Å²) in [5, 5.41) is 0. The zero-order valence-electron chi connectivity index (χ0n) is 14.5. The lowest BCUT2D eigenvalue weighted by molar-refractivity contribution is 0.322. The molecular formula is C17H21NO6S. The summed E-state index contributed by atoms with van der Waals surface area (Å²) < 4.78 is 48.3. The number of benzene rings is 2. The van der Waals surface area contributed by atoms with Gasteiger partial charge in [0.15, 0.2) is 11.5 Å². The Morgan fingerprint density at radius 1 is 0.800 bits per heavy atom. The first-order valence-electron chi connectivity index (χ1n) is 7.38. The van der Waals surface area contributed by atoms with E-state index in [9.17, 15) is 8.42 Å². The van der Waals surface area contributed by atoms with Gasteiger partial charge in [0.2, 0.25) is 15.8 Å². The molecule has 0 fully saturated rings. The molecule has 0 atom stereocenters. The van der Waals surface area contributed by atoms with E-state index in [1.165, 1.54) is 40.6 Å². The van der Waals surface area contributed by atoms with Crippen molar-refractivity contribution in [2.45, 2.75) is 11.4 Å². The third-order valence-electron chi connectivity index (χ3n) is 3.61. The molecule has 0 amide bonds. The Hall–Kier alpha value is -2.45. The van der Waals surface area contributed by atoms with Crippen molar-refractivity contribution in [3.8, 4) is 23.0 Å². The van der Waals surface area contributed by atoms with Gasteiger partial charge in [-0.15, -0.1) is 0 Å². The summed E-state index contributed by atoms with van der Waals surface area (Å²) in [4.78, 5) is 0.146. The summed E-state index contributed by atoms with van der Waals surface area (Å²) in [7, 11) is 2.34. The van der Waals surface area contributed by atoms with E-state index in [1.54, 1.807) is 24.3 Å². The van der Waals surface area contributed by atoms with Crippen LogP contribution in [0.3, 0.4) is 0 Å². The van der Waals surface area contributed by atoms with Crippen LogP contribution in [0.1, 0.15) is 5.56 Å². The third kappa shape index (κ3) is 4.15. The minimum absolute atomic E-state index is 0.0396. The molecule has 2 aromatic carbocycles. The van der Waals surface area contributed by atoms with Crippen molar-refractivity contribution in [3.05, 3.63) is 42.0 Å². The molecule has 2 rings (SSSR count). The molecule has 0 saturated carbocycles. The van der Waals surface area contributed by atoms with Gasteiger partial charge in [-0.1, -0.05) is 6.07 Å². The van der Waals surface area contributed by atoms with Crippen molar-refractivity contribution in [1.82, 2.24) is 4.72 Å². The van der Waals surface area contributed by atoms with E-state index in [4.69, 9.17) is 18.9 Å². The molecule has 0 unspecified atom stereocenters. The Morgan fingerprint density at radius 2 is 1.44 bits per heavy atom. The largest absolute Gasteiger partial charge is 0.497 e. The molecule has 0 saturated heterocycles. The molecule has 0 aliphatic rings. The van der Waals surface area contributed by atoms with E-state index >= 15 is 0 Å². The molecule has 0 aromatic heterocycles. The highest BCUT2D eigenvalue weighted by Gasteiger charge is 2.19. The first kappa shape index (κ1) is 18.9. The second kappa shape index (κ2) is 8.09. The molecule has 0 aliphatic carbocycles. The number of hydrogen-bond acceptors (Lipinski definition) is 6. The van der Waals surface area contributed by atoms with E-state index in [2.05, 4.69) is 4.72 Å². The van der Waals surface area contributed by atoms with Crippen LogP contribution in [-0.2, 0) is 16.6 Å². The average molecular weight is 367 g/mol. The summed E-state index contributed by atoms with van der Waals surface area (Å²) in [6.45, 7) is 0.0396. The van der Waals surface area contributed by atoms with E-state index in [0.717, 1.165) is 0 Å². The topological polar surface area (TPSA) is 83.1 Å². The van der Waals surface area contributed by atoms with E-state index in [1.807, 2.05) is 0 Å². The summed E-state index contributed by atoms with van der Waals surface area (Å²) in [6, 6.07) is 9.55. The van der Waals surface area contributed by atoms with Crippen LogP contribution in [0.4, 0.5) is 0 Å². The van der Waals surface area contributed by atoms with Gasteiger partial charge in [0.25, 0.3) is 0 Å². The van der Waals surface area contributed by atoms with Crippen molar-refractivity contribution in [2.24, 2.45) is 0 Å². The SMILES string of the molecule is COc1ccc(S(=O)(=O)NCc2ccc(OC)c(OC)c2OC)cc1. The smallest absolute Gasteiger partial charge is 0.240 e. The number of hydrogen-bond donors (Lipinski definition) is 1. The molecule has 0 aliphatic heterocycles. The second-order valence-electron chi connectivity index (χ2n) is 4.99. The van der Waals surface area contributed by atoms with Crippen LogP contribution in [0.2, 0.25) is 0 Å². The Balaban J connectivity index is 2.24. The lowest BCUT2D eigenvalue weighted by atomic mass is 10.1. The Labute approximate surface area is 147 Å². The highest BCUT2D eigenvalue weighted by molar-refractivity contribution is 7.89. The molecule has 0 spiro atoms. The highest BCUT2D eigenvalue weighted by Crippen LogP contribution is 2.39. The van der Waals surface area contributed by atoms with Gasteiger partial charge in [-0.3, -0.25) is 0 Å². The van der Waals surface area contributed by atoms with Crippen LogP contribution in [0.5, 0.6) is 23.0 Å². The maximum absolute atomic E-state index is 12.4. The molecule has 25 heavy (non-hydrogen) atoms. The summed E-state index contributed by atoms with van der Waals surface area (Å²) in [5.74, 6) is 1.91. The van der Waals surface area contributed by atoms with Gasteiger partial charge >= 0.3 is 0 Å². The highest BCUT2D eigenvalue weighted by atomic mass is 32.2. The normalized spacial score (nSPS) is 11.0. The van der Waals surface area contributed by atoms with Crippen LogP contribution in [0, 0.1) is 0 Å². The molecule has 136 valence electrons. The lowest BCUT2D eigenvalue weighted by Gasteiger charge is -2.16. The molecule has 0 heterocycles. The standard InChI is InChI=1S/C17H21NO6S/c1-21-13-6-8-14(9-7-13)25(19,20)18-11-12-5-10-15(22-2)17(24-4)16(12)23-3/h5-10,18H,11H2,1-4H3. The minimum atomic E-state index is -3.68. The van der Waals surface area contributed by atoms with Gasteiger partial charge in [-0.25, -0.2) is 13.1 Å². The Kier molecular flexibility index (Phi) is 6.11. The molecule has 8 heteroatoms. The zero-order valence-corrected chi connectivity index (χ0v) is 15.3. The average Bonchev–Trinajstić information content (AvgIpc) is 2.65. The fourth-order valence-corrected chi connectivity index (χ4v) is 3.32. The molecule has 1 N–H and O–H groups in total. The van der Waals surface area contributed by atoms with Gasteiger partial charge in [-0.2, -0.15) is 0 Å². The second-order valence-corrected chi connectivity index (χ2v) is 6.76. The summed E-state index contributed by atoms with van der Waals surface area (Å²) in [5.41, 5.74) is 0.622. The van der Waals surface area contributed by atoms with Crippen LogP contribution in [-0.4, -0.2) is 36.9 Å². The van der Waals surface area contributed by atoms with Crippen LogP contribution in [0.25, 0.3) is 0 Å². The number of rotatable bonds is 8. The monoisotopic (exact) mass is 367 g/mol. The van der Waals surface area contributed by atoms with Crippen molar-refractivity contribution >= 4 is 10.0 Å². The van der Waals surface area contributed by atoms with E-state index < -0.39 is 10.0 Å². The molecule has 0 bridgehead atoms. The number of sulfonamides is 1. The first-order valence-corrected chi connectivity index (χ1v) is 8.86. The van der Waals surface area contributed by atoms with Crippen molar-refractivity contribution in [1.29, 1.82) is 0 Å². The third-order valence-corrected chi connectivity index (χ3v) is 5.03. The molecular weight excluding hydrogens is 346 g/mol. The predicted octanol–water partition coefficient (Wildman–Crippen LogP) is 2.20. The molecule has 2 aromatic rings. The Bertz CT molecular complexity index is 818. The van der Waals surface area contributed by atoms with Gasteiger partial charge in [0.1, 0.15) is 5.75 Å². The zero-order chi connectivity index (χ0) is 18.4.